The molecule has 3 nitrogen and oxygen atoms in total. The van der Waals surface area contributed by atoms with Crippen molar-refractivity contribution in [3.05, 3.63) is 29.8 Å². The second-order valence-electron chi connectivity index (χ2n) is 5.00. The molecule has 1 saturated heterocycles. The minimum Gasteiger partial charge on any atom is -0.399 e. The van der Waals surface area contributed by atoms with E-state index < -0.39 is 0 Å². The van der Waals surface area contributed by atoms with E-state index in [2.05, 4.69) is 24.1 Å². The molecule has 0 aromatic heterocycles. The Kier molecular flexibility index (Phi) is 4.40. The van der Waals surface area contributed by atoms with Gasteiger partial charge in [0.05, 0.1) is 0 Å². The molecule has 0 bridgehead atoms. The van der Waals surface area contributed by atoms with E-state index in [0.29, 0.717) is 0 Å². The first-order valence-electron chi connectivity index (χ1n) is 6.35. The van der Waals surface area contributed by atoms with Gasteiger partial charge in [0.2, 0.25) is 0 Å². The molecule has 1 aliphatic rings. The van der Waals surface area contributed by atoms with E-state index in [-0.39, 0.29) is 0 Å². The Labute approximate surface area is 104 Å². The Morgan fingerprint density at radius 2 is 2.12 bits per heavy atom. The van der Waals surface area contributed by atoms with Gasteiger partial charge in [0.15, 0.2) is 0 Å². The zero-order valence-corrected chi connectivity index (χ0v) is 10.6. The lowest BCUT2D eigenvalue weighted by Crippen LogP contribution is -2.29. The van der Waals surface area contributed by atoms with Crippen molar-refractivity contribution in [1.82, 2.24) is 4.90 Å². The van der Waals surface area contributed by atoms with Gasteiger partial charge in [-0.15, -0.1) is 0 Å². The minimum absolute atomic E-state index is 0.787. The molecule has 0 radical (unpaired) electrons. The molecular weight excluding hydrogens is 212 g/mol. The Bertz CT molecular complexity index is 348. The number of rotatable bonds is 4. The fraction of sp³-hybridized carbons (Fsp3) is 0.571. The van der Waals surface area contributed by atoms with Crippen molar-refractivity contribution in [2.45, 2.75) is 19.4 Å². The zero-order valence-electron chi connectivity index (χ0n) is 10.6. The average Bonchev–Trinajstić information content (AvgIpc) is 2.30. The molecule has 0 atom stereocenters. The maximum Gasteiger partial charge on any atom is 0.0469 e. The predicted molar refractivity (Wildman–Crippen MR) is 70.7 cm³/mol. The summed E-state index contributed by atoms with van der Waals surface area (Å²) in [5.41, 5.74) is 7.92. The van der Waals surface area contributed by atoms with E-state index in [1.807, 2.05) is 12.1 Å². The normalized spacial score (nSPS) is 17.5. The van der Waals surface area contributed by atoms with Gasteiger partial charge in [-0.3, -0.25) is 0 Å². The van der Waals surface area contributed by atoms with Gasteiger partial charge in [-0.2, -0.15) is 0 Å². The van der Waals surface area contributed by atoms with Gasteiger partial charge in [-0.1, -0.05) is 12.1 Å². The molecule has 0 amide bonds. The van der Waals surface area contributed by atoms with E-state index in [0.717, 1.165) is 37.9 Å². The molecule has 1 aromatic rings. The van der Waals surface area contributed by atoms with Crippen molar-refractivity contribution in [2.24, 2.45) is 5.92 Å². The Hall–Kier alpha value is -1.06. The molecule has 2 N–H and O–H groups in total. The molecule has 0 spiro atoms. The fourth-order valence-corrected chi connectivity index (χ4v) is 2.44. The summed E-state index contributed by atoms with van der Waals surface area (Å²) in [6, 6.07) is 8.15. The number of hydrogen-bond donors (Lipinski definition) is 1. The van der Waals surface area contributed by atoms with E-state index in [4.69, 9.17) is 10.5 Å². The second kappa shape index (κ2) is 6.03. The smallest absolute Gasteiger partial charge is 0.0469 e. The Balaban J connectivity index is 1.82. The molecule has 2 rings (SSSR count). The van der Waals surface area contributed by atoms with Crippen LogP contribution >= 0.6 is 0 Å². The lowest BCUT2D eigenvalue weighted by molar-refractivity contribution is 0.0549. The SMILES string of the molecule is CN(Cc1cccc(N)c1)CC1CCOCC1. The van der Waals surface area contributed by atoms with Gasteiger partial charge in [0, 0.05) is 32.0 Å². The van der Waals surface area contributed by atoms with E-state index in [9.17, 15) is 0 Å². The van der Waals surface area contributed by atoms with Crippen molar-refractivity contribution in [3.8, 4) is 0 Å². The number of anilines is 1. The lowest BCUT2D eigenvalue weighted by Gasteiger charge is -2.27. The van der Waals surface area contributed by atoms with Crippen molar-refractivity contribution in [2.75, 3.05) is 32.5 Å². The van der Waals surface area contributed by atoms with Crippen LogP contribution < -0.4 is 5.73 Å². The summed E-state index contributed by atoms with van der Waals surface area (Å²) >= 11 is 0. The first-order chi connectivity index (χ1) is 8.24. The molecule has 1 aromatic carbocycles. The van der Waals surface area contributed by atoms with Crippen LogP contribution in [0.5, 0.6) is 0 Å². The van der Waals surface area contributed by atoms with Gasteiger partial charge in [-0.25, -0.2) is 0 Å². The van der Waals surface area contributed by atoms with Crippen molar-refractivity contribution < 1.29 is 4.74 Å². The molecule has 0 unspecified atom stereocenters. The van der Waals surface area contributed by atoms with Crippen molar-refractivity contribution >= 4 is 5.69 Å². The third kappa shape index (κ3) is 4.02. The summed E-state index contributed by atoms with van der Waals surface area (Å²) in [4.78, 5) is 2.38. The van der Waals surface area contributed by atoms with Crippen LogP contribution in [-0.2, 0) is 11.3 Å². The third-order valence-corrected chi connectivity index (χ3v) is 3.31. The third-order valence-electron chi connectivity index (χ3n) is 3.31. The fourth-order valence-electron chi connectivity index (χ4n) is 2.44. The number of hydrogen-bond acceptors (Lipinski definition) is 3. The Morgan fingerprint density at radius 3 is 2.82 bits per heavy atom. The molecule has 3 heteroatoms. The number of benzene rings is 1. The van der Waals surface area contributed by atoms with Crippen LogP contribution in [0.2, 0.25) is 0 Å². The second-order valence-corrected chi connectivity index (χ2v) is 5.00. The van der Waals surface area contributed by atoms with Gasteiger partial charge < -0.3 is 15.4 Å². The minimum atomic E-state index is 0.787. The van der Waals surface area contributed by atoms with E-state index in [1.165, 1.54) is 18.4 Å². The first-order valence-corrected chi connectivity index (χ1v) is 6.35. The topological polar surface area (TPSA) is 38.5 Å². The highest BCUT2D eigenvalue weighted by Gasteiger charge is 2.15. The van der Waals surface area contributed by atoms with Crippen LogP contribution in [0.3, 0.4) is 0 Å². The van der Waals surface area contributed by atoms with Crippen LogP contribution in [0.4, 0.5) is 5.69 Å². The first kappa shape index (κ1) is 12.4. The average molecular weight is 234 g/mol. The Morgan fingerprint density at radius 1 is 1.35 bits per heavy atom. The highest BCUT2D eigenvalue weighted by atomic mass is 16.5. The number of ether oxygens (including phenoxy) is 1. The largest absolute Gasteiger partial charge is 0.399 e. The highest BCUT2D eigenvalue weighted by Crippen LogP contribution is 2.17. The van der Waals surface area contributed by atoms with Crippen LogP contribution in [0.15, 0.2) is 24.3 Å². The number of nitrogens with zero attached hydrogens (tertiary/aromatic N) is 1. The van der Waals surface area contributed by atoms with Crippen LogP contribution in [-0.4, -0.2) is 31.7 Å². The molecule has 17 heavy (non-hydrogen) atoms. The van der Waals surface area contributed by atoms with Gasteiger partial charge >= 0.3 is 0 Å². The molecule has 0 saturated carbocycles. The van der Waals surface area contributed by atoms with Gasteiger partial charge in [-0.05, 0) is 43.5 Å². The summed E-state index contributed by atoms with van der Waals surface area (Å²) in [6.07, 6.45) is 2.39. The van der Waals surface area contributed by atoms with Gasteiger partial charge in [0.1, 0.15) is 0 Å². The maximum atomic E-state index is 5.78. The molecule has 1 fully saturated rings. The molecule has 1 aliphatic heterocycles. The zero-order chi connectivity index (χ0) is 12.1. The summed E-state index contributed by atoms with van der Waals surface area (Å²) in [6.45, 7) is 3.98. The van der Waals surface area contributed by atoms with E-state index in [1.54, 1.807) is 0 Å². The van der Waals surface area contributed by atoms with E-state index >= 15 is 0 Å². The van der Waals surface area contributed by atoms with Gasteiger partial charge in [0.25, 0.3) is 0 Å². The van der Waals surface area contributed by atoms with Crippen LogP contribution in [0.1, 0.15) is 18.4 Å². The lowest BCUT2D eigenvalue weighted by atomic mass is 10.00. The van der Waals surface area contributed by atoms with Crippen LogP contribution in [0, 0.1) is 5.92 Å². The number of nitrogens with two attached hydrogens (primary N) is 1. The van der Waals surface area contributed by atoms with Crippen molar-refractivity contribution in [3.63, 3.8) is 0 Å². The highest BCUT2D eigenvalue weighted by molar-refractivity contribution is 5.40. The standard InChI is InChI=1S/C14H22N2O/c1-16(10-12-5-7-17-8-6-12)11-13-3-2-4-14(15)9-13/h2-4,9,12H,5-8,10-11,15H2,1H3. The molecule has 94 valence electrons. The summed E-state index contributed by atoms with van der Waals surface area (Å²) in [7, 11) is 2.18. The number of nitrogen functional groups attached to an aromatic ring is 1. The molecule has 1 heterocycles. The molecular formula is C14H22N2O. The molecule has 0 aliphatic carbocycles. The summed E-state index contributed by atoms with van der Waals surface area (Å²) in [5, 5.41) is 0. The predicted octanol–water partition coefficient (Wildman–Crippen LogP) is 2.13. The van der Waals surface area contributed by atoms with Crippen molar-refractivity contribution in [1.29, 1.82) is 0 Å². The monoisotopic (exact) mass is 234 g/mol. The summed E-state index contributed by atoms with van der Waals surface area (Å²) < 4.78 is 5.38. The summed E-state index contributed by atoms with van der Waals surface area (Å²) in [5.74, 6) is 0.787. The van der Waals surface area contributed by atoms with Crippen LogP contribution in [0.25, 0.3) is 0 Å². The quantitative estimate of drug-likeness (QED) is 0.811. The maximum absolute atomic E-state index is 5.78.